The van der Waals surface area contributed by atoms with Crippen molar-refractivity contribution in [1.29, 1.82) is 0 Å². The van der Waals surface area contributed by atoms with Crippen LogP contribution in [0, 0.1) is 0 Å². The lowest BCUT2D eigenvalue weighted by Crippen LogP contribution is -2.52. The van der Waals surface area contributed by atoms with Crippen LogP contribution in [-0.2, 0) is 9.63 Å². The molecule has 1 aliphatic heterocycles. The highest BCUT2D eigenvalue weighted by Gasteiger charge is 2.53. The van der Waals surface area contributed by atoms with E-state index < -0.39 is 16.8 Å². The molecule has 1 aliphatic rings. The van der Waals surface area contributed by atoms with E-state index >= 15 is 0 Å². The third-order valence-electron chi connectivity index (χ3n) is 5.92. The second-order valence-corrected chi connectivity index (χ2v) is 8.48. The maximum Gasteiger partial charge on any atom is 0.497 e. The van der Waals surface area contributed by atoms with Gasteiger partial charge in [0.2, 0.25) is 5.69 Å². The molecule has 4 rings (SSSR count). The third-order valence-corrected chi connectivity index (χ3v) is 5.92. The lowest BCUT2D eigenvalue weighted by atomic mass is 10.1. The van der Waals surface area contributed by atoms with E-state index in [-0.39, 0.29) is 29.1 Å². The average Bonchev–Trinajstić information content (AvgIpc) is 3.10. The quantitative estimate of drug-likeness (QED) is 0.404. The molecular formula is C25H26F3N4O3+. The first kappa shape index (κ1) is 24.5. The fraction of sp³-hybridized carbons (Fsp3) is 0.320. The number of fused-ring (bicyclic) bond motifs is 3. The number of nitrogen functional groups attached to an aromatic ring is 1. The molecule has 0 aliphatic carbocycles. The molecule has 2 atom stereocenters. The number of hydrogen-bond acceptors (Lipinski definition) is 6. The number of carbonyl (C=O) groups excluding carboxylic acids is 1. The number of anilines is 1. The Morgan fingerprint density at radius 1 is 1.17 bits per heavy atom. The number of amidine groups is 1. The molecule has 2 heterocycles. The summed E-state index contributed by atoms with van der Waals surface area (Å²) in [7, 11) is 1.36. The van der Waals surface area contributed by atoms with Crippen molar-refractivity contribution in [2.24, 2.45) is 4.99 Å². The number of halogens is 3. The van der Waals surface area contributed by atoms with E-state index in [1.54, 1.807) is 18.2 Å². The number of aliphatic imine (C=N–C) groups is 1. The number of nitrogens with two attached hydrogens (primary N) is 1. The van der Waals surface area contributed by atoms with Crippen LogP contribution in [-0.4, -0.2) is 30.0 Å². The van der Waals surface area contributed by atoms with Crippen LogP contribution >= 0.6 is 0 Å². The van der Waals surface area contributed by atoms with Gasteiger partial charge in [0.1, 0.15) is 18.9 Å². The van der Waals surface area contributed by atoms with Gasteiger partial charge in [-0.05, 0) is 37.1 Å². The molecule has 0 fully saturated rings. The summed E-state index contributed by atoms with van der Waals surface area (Å²) in [6.45, 7) is 3.83. The minimum Gasteiger partial charge on any atom is -0.486 e. The van der Waals surface area contributed by atoms with Crippen molar-refractivity contribution in [3.63, 3.8) is 0 Å². The summed E-state index contributed by atoms with van der Waals surface area (Å²) in [5.74, 6) is -1.56. The van der Waals surface area contributed by atoms with E-state index in [2.05, 4.69) is 9.98 Å². The summed E-state index contributed by atoms with van der Waals surface area (Å²) in [6.07, 6.45) is -3.74. The van der Waals surface area contributed by atoms with E-state index in [4.69, 9.17) is 15.3 Å². The van der Waals surface area contributed by atoms with E-state index in [1.165, 1.54) is 7.05 Å². The van der Waals surface area contributed by atoms with E-state index in [9.17, 15) is 18.0 Å². The summed E-state index contributed by atoms with van der Waals surface area (Å²) in [5, 5.41) is 0.430. The van der Waals surface area contributed by atoms with Crippen LogP contribution in [0.1, 0.15) is 44.8 Å². The smallest absolute Gasteiger partial charge is 0.486 e. The van der Waals surface area contributed by atoms with Crippen molar-refractivity contribution in [3.05, 3.63) is 54.1 Å². The Morgan fingerprint density at radius 3 is 2.54 bits per heavy atom. The maximum atomic E-state index is 13.2. The molecule has 0 bridgehead atoms. The number of rotatable bonds is 7. The predicted molar refractivity (Wildman–Crippen MR) is 128 cm³/mol. The lowest BCUT2D eigenvalue weighted by molar-refractivity contribution is -0.220. The number of hydroxylamine groups is 2. The summed E-state index contributed by atoms with van der Waals surface area (Å²) in [5.41, 5.74) is 7.92. The molecule has 0 saturated heterocycles. The van der Waals surface area contributed by atoms with Gasteiger partial charge in [-0.15, -0.1) is 0 Å². The molecule has 0 amide bonds. The van der Waals surface area contributed by atoms with Crippen LogP contribution in [0.4, 0.5) is 30.4 Å². The first-order chi connectivity index (χ1) is 16.5. The van der Waals surface area contributed by atoms with E-state index in [0.717, 1.165) is 12.0 Å². The van der Waals surface area contributed by atoms with E-state index in [1.807, 2.05) is 44.2 Å². The van der Waals surface area contributed by atoms with Crippen LogP contribution < -0.4 is 15.1 Å². The van der Waals surface area contributed by atoms with Crippen LogP contribution in [0.3, 0.4) is 0 Å². The molecule has 7 nitrogen and oxygen atoms in total. The van der Waals surface area contributed by atoms with Gasteiger partial charge in [0.15, 0.2) is 11.5 Å². The molecule has 0 radical (unpaired) electrons. The maximum absolute atomic E-state index is 13.2. The zero-order valence-electron chi connectivity index (χ0n) is 19.6. The average molecular weight is 488 g/mol. The van der Waals surface area contributed by atoms with Crippen molar-refractivity contribution in [2.75, 3.05) is 12.8 Å². The zero-order valence-corrected chi connectivity index (χ0v) is 19.6. The zero-order chi connectivity index (χ0) is 25.4. The Morgan fingerprint density at radius 2 is 1.89 bits per heavy atom. The second-order valence-electron chi connectivity index (χ2n) is 8.48. The number of alkyl halides is 3. The highest BCUT2D eigenvalue weighted by atomic mass is 19.4. The van der Waals surface area contributed by atoms with Crippen LogP contribution in [0.25, 0.3) is 10.9 Å². The minimum atomic E-state index is -5.17. The number of aromatic nitrogens is 1. The van der Waals surface area contributed by atoms with Crippen LogP contribution in [0.2, 0.25) is 0 Å². The van der Waals surface area contributed by atoms with Crippen molar-refractivity contribution in [1.82, 2.24) is 9.63 Å². The summed E-state index contributed by atoms with van der Waals surface area (Å²) in [6, 6.07) is 14.6. The molecule has 3 aromatic rings. The molecule has 35 heavy (non-hydrogen) atoms. The molecule has 2 aromatic carbocycles. The number of quaternary nitrogens is 1. The molecule has 2 unspecified atom stereocenters. The number of unbranched alkanes of at least 4 members (excludes halogenated alkanes) is 1. The molecule has 0 saturated carbocycles. The highest BCUT2D eigenvalue weighted by Crippen LogP contribution is 2.49. The summed E-state index contributed by atoms with van der Waals surface area (Å²) < 4.78 is 44.8. The van der Waals surface area contributed by atoms with Gasteiger partial charge < -0.3 is 10.5 Å². The Balaban J connectivity index is 1.82. The Hall–Kier alpha value is -3.66. The Bertz CT molecular complexity index is 1290. The number of carbonyl (C=O) groups is 1. The first-order valence-electron chi connectivity index (χ1n) is 11.3. The fourth-order valence-corrected chi connectivity index (χ4v) is 4.12. The van der Waals surface area contributed by atoms with Gasteiger partial charge in [0, 0.05) is 6.42 Å². The molecule has 184 valence electrons. The van der Waals surface area contributed by atoms with Crippen molar-refractivity contribution >= 4 is 39.9 Å². The van der Waals surface area contributed by atoms with Gasteiger partial charge in [0.25, 0.3) is 5.84 Å². The van der Waals surface area contributed by atoms with Crippen LogP contribution in [0.15, 0.2) is 53.5 Å². The first-order valence-corrected chi connectivity index (χ1v) is 11.3. The van der Waals surface area contributed by atoms with Crippen molar-refractivity contribution in [3.8, 4) is 5.75 Å². The van der Waals surface area contributed by atoms with Gasteiger partial charge in [-0.25, -0.2) is 9.78 Å². The normalized spacial score (nSPS) is 18.2. The number of benzene rings is 2. The van der Waals surface area contributed by atoms with Gasteiger partial charge in [0.05, 0.1) is 10.9 Å². The molecule has 10 heteroatoms. The minimum absolute atomic E-state index is 0.0396. The predicted octanol–water partition coefficient (Wildman–Crippen LogP) is 6.15. The standard InChI is InChI=1S/C25H26F3N4O3/c1-4-5-11-20-31-21-22(32(20,3)35-24(33)25(26,27)28)18-14-17(12-13-19(18)30-23(21)29)34-15(2)16-9-7-6-8-10-16/h6-10,12-15H,4-5,11H2,1-3H3,(H2,29,30)/q+1. The molecular weight excluding hydrogens is 461 g/mol. The third kappa shape index (κ3) is 4.66. The second kappa shape index (κ2) is 9.18. The van der Waals surface area contributed by atoms with Gasteiger partial charge in [-0.1, -0.05) is 48.3 Å². The SMILES string of the molecule is CCCCC1=Nc2c(N)nc3ccc(OC(C)c4ccccc4)cc3c2[N+]1(C)OC(=O)C(F)(F)F. The Labute approximate surface area is 200 Å². The van der Waals surface area contributed by atoms with Crippen LogP contribution in [0.5, 0.6) is 5.75 Å². The van der Waals surface area contributed by atoms with E-state index in [0.29, 0.717) is 29.5 Å². The lowest BCUT2D eigenvalue weighted by Gasteiger charge is -2.28. The molecule has 0 spiro atoms. The number of ether oxygens (including phenoxy) is 1. The Kier molecular flexibility index (Phi) is 6.42. The summed E-state index contributed by atoms with van der Waals surface area (Å²) >= 11 is 0. The van der Waals surface area contributed by atoms with Crippen molar-refractivity contribution in [2.45, 2.75) is 45.4 Å². The fourth-order valence-electron chi connectivity index (χ4n) is 4.12. The number of pyridine rings is 1. The topological polar surface area (TPSA) is 86.8 Å². The van der Waals surface area contributed by atoms with Gasteiger partial charge >= 0.3 is 12.1 Å². The molecule has 2 N–H and O–H groups in total. The van der Waals surface area contributed by atoms with Gasteiger partial charge in [-0.2, -0.15) is 18.2 Å². The van der Waals surface area contributed by atoms with Crippen molar-refractivity contribution < 1.29 is 27.5 Å². The largest absolute Gasteiger partial charge is 0.497 e. The monoisotopic (exact) mass is 487 g/mol. The highest BCUT2D eigenvalue weighted by molar-refractivity contribution is 6.12. The van der Waals surface area contributed by atoms with Gasteiger partial charge in [-0.3, -0.25) is 4.84 Å². The number of hydrogen-bond donors (Lipinski definition) is 1. The summed E-state index contributed by atoms with van der Waals surface area (Å²) in [4.78, 5) is 25.9. The molecule has 1 aromatic heterocycles. The number of nitrogens with zero attached hydrogens (tertiary/aromatic N) is 3.